The maximum absolute atomic E-state index is 15.2. The monoisotopic (exact) mass is 982 g/mol. The van der Waals surface area contributed by atoms with Crippen LogP contribution in [-0.4, -0.2) is 80.8 Å². The van der Waals surface area contributed by atoms with Gasteiger partial charge in [-0.25, -0.2) is 8.78 Å². The van der Waals surface area contributed by atoms with Gasteiger partial charge in [-0.15, -0.1) is 0 Å². The van der Waals surface area contributed by atoms with Gasteiger partial charge in [0.15, 0.2) is 46.0 Å². The van der Waals surface area contributed by atoms with Gasteiger partial charge in [-0.3, -0.25) is 38.5 Å². The van der Waals surface area contributed by atoms with Crippen LogP contribution in [0, 0.1) is 23.3 Å². The fraction of sp³-hybridized carbons (Fsp3) is 0.259. The van der Waals surface area contributed by atoms with Gasteiger partial charge in [-0.2, -0.15) is 8.78 Å². The third-order valence-corrected chi connectivity index (χ3v) is 13.9. The van der Waals surface area contributed by atoms with Crippen molar-refractivity contribution >= 4 is 11.8 Å². The Bertz CT molecular complexity index is 3150. The Balaban J connectivity index is 0.000000156. The molecule has 14 nitrogen and oxygen atoms in total. The summed E-state index contributed by atoms with van der Waals surface area (Å²) in [6.07, 6.45) is 13.5. The number of fused-ring (bicyclic) bond motifs is 10. The number of benzene rings is 4. The summed E-state index contributed by atoms with van der Waals surface area (Å²) < 4.78 is 73.6. The lowest BCUT2D eigenvalue weighted by atomic mass is 9.91. The van der Waals surface area contributed by atoms with Gasteiger partial charge >= 0.3 is 0 Å². The summed E-state index contributed by atoms with van der Waals surface area (Å²) >= 11 is 0. The van der Waals surface area contributed by atoms with Crippen molar-refractivity contribution in [2.75, 3.05) is 49.7 Å². The van der Waals surface area contributed by atoms with Gasteiger partial charge in [0.2, 0.25) is 22.5 Å². The highest BCUT2D eigenvalue weighted by Crippen LogP contribution is 2.49. The van der Waals surface area contributed by atoms with Gasteiger partial charge in [0.05, 0.1) is 0 Å². The van der Waals surface area contributed by atoms with Crippen LogP contribution in [0.25, 0.3) is 0 Å². The second kappa shape index (κ2) is 18.5. The van der Waals surface area contributed by atoms with Crippen LogP contribution in [0.2, 0.25) is 0 Å². The fourth-order valence-corrected chi connectivity index (χ4v) is 10.1. The number of hydrogen-bond acceptors (Lipinski definition) is 10. The average molecular weight is 983 g/mol. The summed E-state index contributed by atoms with van der Waals surface area (Å²) in [5, 5.41) is 24.8. The molecule has 12 rings (SSSR count). The molecule has 2 N–H and O–H groups in total. The zero-order valence-corrected chi connectivity index (χ0v) is 38.5. The van der Waals surface area contributed by atoms with Crippen molar-refractivity contribution < 1.29 is 46.8 Å². The maximum Gasteiger partial charge on any atom is 0.278 e. The first-order chi connectivity index (χ1) is 34.9. The third-order valence-electron chi connectivity index (χ3n) is 13.9. The van der Waals surface area contributed by atoms with E-state index in [1.165, 1.54) is 55.8 Å². The predicted molar refractivity (Wildman–Crippen MR) is 255 cm³/mol. The van der Waals surface area contributed by atoms with Gasteiger partial charge in [0.25, 0.3) is 11.8 Å². The minimum absolute atomic E-state index is 0.0254. The molecule has 4 aliphatic heterocycles. The Hall–Kier alpha value is -8.28. The van der Waals surface area contributed by atoms with Gasteiger partial charge < -0.3 is 29.5 Å². The lowest BCUT2D eigenvalue weighted by molar-refractivity contribution is 0.0694. The van der Waals surface area contributed by atoms with E-state index in [0.29, 0.717) is 23.0 Å². The lowest BCUT2D eigenvalue weighted by Gasteiger charge is -2.44. The Morgan fingerprint density at radius 3 is 1.25 bits per heavy atom. The molecular weight excluding hydrogens is 937 g/mol. The van der Waals surface area contributed by atoms with Gasteiger partial charge in [0, 0.05) is 48.7 Å². The number of nitrogens with zero attached hydrogens (tertiary/aromatic N) is 6. The lowest BCUT2D eigenvalue weighted by Crippen LogP contribution is -2.55. The molecule has 0 spiro atoms. The number of ether oxygens (including phenoxy) is 2. The molecule has 2 saturated carbocycles. The second-order valence-electron chi connectivity index (χ2n) is 18.4. The van der Waals surface area contributed by atoms with Gasteiger partial charge in [-0.05, 0) is 96.2 Å². The zero-order valence-electron chi connectivity index (χ0n) is 38.5. The van der Waals surface area contributed by atoms with Crippen molar-refractivity contribution in [3.63, 3.8) is 0 Å². The van der Waals surface area contributed by atoms with Crippen LogP contribution in [0.1, 0.15) is 104 Å². The Morgan fingerprint density at radius 1 is 0.472 bits per heavy atom. The number of carbonyl (C=O) groups excluding carboxylic acids is 2. The van der Waals surface area contributed by atoms with Gasteiger partial charge in [-0.1, -0.05) is 60.7 Å². The number of aromatic hydroxyl groups is 2. The summed E-state index contributed by atoms with van der Waals surface area (Å²) in [4.78, 5) is 54.2. The topological polar surface area (TPSA) is 150 Å². The molecule has 4 bridgehead atoms. The van der Waals surface area contributed by atoms with E-state index in [9.17, 15) is 38.2 Å². The normalized spacial score (nSPS) is 20.2. The highest BCUT2D eigenvalue weighted by Gasteiger charge is 2.42. The van der Waals surface area contributed by atoms with Crippen LogP contribution in [0.5, 0.6) is 23.0 Å². The molecule has 2 fully saturated rings. The molecule has 0 saturated heterocycles. The van der Waals surface area contributed by atoms with Crippen LogP contribution in [0.3, 0.4) is 0 Å². The zero-order chi connectivity index (χ0) is 49.9. The van der Waals surface area contributed by atoms with Crippen molar-refractivity contribution in [1.82, 2.24) is 19.2 Å². The molecule has 2 aliphatic carbocycles. The quantitative estimate of drug-likeness (QED) is 0.134. The largest absolute Gasteiger partial charge is 0.502 e. The van der Waals surface area contributed by atoms with Crippen molar-refractivity contribution in [3.8, 4) is 23.0 Å². The first-order valence-corrected chi connectivity index (χ1v) is 23.6. The van der Waals surface area contributed by atoms with E-state index in [2.05, 4.69) is 0 Å². The Kier molecular flexibility index (Phi) is 11.8. The minimum Gasteiger partial charge on any atom is -0.502 e. The molecule has 2 aromatic heterocycles. The number of carbonyl (C=O) groups is 2. The summed E-state index contributed by atoms with van der Waals surface area (Å²) in [5.41, 5.74) is 2.86. The molecule has 0 unspecified atom stereocenters. The number of halogens is 4. The molecule has 6 aliphatic rings. The summed E-state index contributed by atoms with van der Waals surface area (Å²) in [6, 6.07) is 21.6. The van der Waals surface area contributed by atoms with E-state index in [-0.39, 0.29) is 62.5 Å². The number of hydrogen-bond donors (Lipinski definition) is 2. The first-order valence-electron chi connectivity index (χ1n) is 23.6. The molecule has 18 heteroatoms. The number of aromatic nitrogens is 2. The maximum atomic E-state index is 15.2. The molecule has 2 atom stereocenters. The van der Waals surface area contributed by atoms with Crippen LogP contribution in [0.4, 0.5) is 17.6 Å². The molecule has 72 heavy (non-hydrogen) atoms. The van der Waals surface area contributed by atoms with E-state index in [1.54, 1.807) is 34.3 Å². The molecule has 4 aromatic carbocycles. The molecule has 6 heterocycles. The molecular formula is C54H46F4N6O8. The smallest absolute Gasteiger partial charge is 0.278 e. The first kappa shape index (κ1) is 46.1. The molecule has 2 amide bonds. The summed E-state index contributed by atoms with van der Waals surface area (Å²) in [6.45, 7) is 0.433. The fourth-order valence-electron chi connectivity index (χ4n) is 10.1. The van der Waals surface area contributed by atoms with Crippen molar-refractivity contribution in [3.05, 3.63) is 210 Å². The molecule has 6 aromatic rings. The number of pyridine rings is 2. The molecule has 368 valence electrons. The Labute approximate surface area is 409 Å². The van der Waals surface area contributed by atoms with E-state index in [0.717, 1.165) is 60.1 Å². The molecule has 0 radical (unpaired) electrons. The van der Waals surface area contributed by atoms with E-state index in [4.69, 9.17) is 9.47 Å². The highest BCUT2D eigenvalue weighted by molar-refractivity contribution is 5.97. The van der Waals surface area contributed by atoms with E-state index in [1.807, 2.05) is 48.5 Å². The van der Waals surface area contributed by atoms with Crippen LogP contribution in [0.15, 0.2) is 131 Å². The van der Waals surface area contributed by atoms with Crippen LogP contribution < -0.4 is 30.3 Å². The van der Waals surface area contributed by atoms with Crippen molar-refractivity contribution in [2.24, 2.45) is 0 Å². The number of amides is 2. The van der Waals surface area contributed by atoms with Gasteiger partial charge in [0.1, 0.15) is 38.6 Å². The second-order valence-corrected chi connectivity index (χ2v) is 18.4. The highest BCUT2D eigenvalue weighted by atomic mass is 19.2. The summed E-state index contributed by atoms with van der Waals surface area (Å²) in [5.74, 6) is -6.35. The minimum atomic E-state index is -1.10. The van der Waals surface area contributed by atoms with E-state index < -0.39 is 69.5 Å². The average Bonchev–Trinajstić information content (AvgIpc) is 4.32. The summed E-state index contributed by atoms with van der Waals surface area (Å²) in [7, 11) is 0. The van der Waals surface area contributed by atoms with Crippen molar-refractivity contribution in [2.45, 2.75) is 49.6 Å². The SMILES string of the molecule is O=C1c2c(O)c(=O)ccn2N2CN1C/C=C\COc1c(ccc(F)c1F)[C@@H]2c1ccccc1C1CC1.O=C1c2c(O)c(=O)ccn2N2CN1C/C=C\COc1c(ccc(F)c1F)[C@H]2c1ccccc1C1CC1. The standard InChI is InChI=1S/2C27H23F2N3O4/c2*28-20-10-9-19-23(18-6-2-1-5-17(18)16-7-8-16)32-15-30(12-3-4-14-36-26(19)22(20)29)27(35)24-25(34)21(33)11-13-31(24)32/h2*1-6,9-11,13,16,23,34H,7-8,12,14-15H2/b2*4-3-/t2*23-/m10/s1. The van der Waals surface area contributed by atoms with Crippen molar-refractivity contribution in [1.29, 1.82) is 0 Å². The Morgan fingerprint density at radius 2 is 0.861 bits per heavy atom. The van der Waals surface area contributed by atoms with Crippen LogP contribution >= 0.6 is 0 Å². The van der Waals surface area contributed by atoms with E-state index >= 15 is 8.78 Å². The predicted octanol–water partition coefficient (Wildman–Crippen LogP) is 7.60. The third kappa shape index (κ3) is 8.09. The number of rotatable bonds is 4. The van der Waals surface area contributed by atoms with Crippen LogP contribution in [-0.2, 0) is 0 Å².